The van der Waals surface area contributed by atoms with Gasteiger partial charge in [0.25, 0.3) is 0 Å². The molecule has 1 N–H and O–H groups in total. The fourth-order valence-corrected chi connectivity index (χ4v) is 3.69. The molecule has 2 unspecified atom stereocenters. The molecular formula is C17H21N3O2. The average Bonchev–Trinajstić information content (AvgIpc) is 3.13. The average molecular weight is 299 g/mol. The molecular weight excluding hydrogens is 278 g/mol. The van der Waals surface area contributed by atoms with E-state index < -0.39 is 0 Å². The predicted octanol–water partition coefficient (Wildman–Crippen LogP) is 2.72. The summed E-state index contributed by atoms with van der Waals surface area (Å²) < 4.78 is 11.0. The van der Waals surface area contributed by atoms with Crippen LogP contribution in [0.4, 0.5) is 0 Å². The molecule has 2 fully saturated rings. The first kappa shape index (κ1) is 13.8. The number of fused-ring (bicyclic) bond motifs is 2. The zero-order chi connectivity index (χ0) is 14.8. The van der Waals surface area contributed by atoms with Gasteiger partial charge in [-0.2, -0.15) is 4.98 Å². The largest absolute Gasteiger partial charge is 0.485 e. The minimum Gasteiger partial charge on any atom is -0.485 e. The summed E-state index contributed by atoms with van der Waals surface area (Å²) in [7, 11) is 0. The molecule has 0 amide bonds. The molecule has 5 nitrogen and oxygen atoms in total. The van der Waals surface area contributed by atoms with E-state index in [1.165, 1.54) is 25.7 Å². The van der Waals surface area contributed by atoms with Gasteiger partial charge in [0, 0.05) is 18.5 Å². The topological polar surface area (TPSA) is 60.2 Å². The van der Waals surface area contributed by atoms with E-state index >= 15 is 0 Å². The molecule has 116 valence electrons. The first-order valence-electron chi connectivity index (χ1n) is 8.10. The van der Waals surface area contributed by atoms with E-state index in [0.717, 1.165) is 18.1 Å². The van der Waals surface area contributed by atoms with Crippen LogP contribution in [0.25, 0.3) is 0 Å². The van der Waals surface area contributed by atoms with Crippen molar-refractivity contribution in [3.05, 3.63) is 42.0 Å². The highest BCUT2D eigenvalue weighted by Gasteiger charge is 2.34. The Balaban J connectivity index is 1.31. The van der Waals surface area contributed by atoms with E-state index in [1.54, 1.807) is 0 Å². The maximum atomic E-state index is 5.64. The standard InChI is InChI=1S/C17H21N3O2/c1-2-4-15(5-3-1)21-11-16-19-17(22-20-16)10-12-8-13-6-7-14(9-12)18-13/h1-5,12-14,18H,6-11H2. The highest BCUT2D eigenvalue weighted by Crippen LogP contribution is 2.32. The SMILES string of the molecule is c1ccc(OCc2noc(CC3CC4CCC(C3)N4)n2)cc1. The van der Waals surface area contributed by atoms with Gasteiger partial charge in [0.05, 0.1) is 0 Å². The van der Waals surface area contributed by atoms with Crippen molar-refractivity contribution in [3.8, 4) is 5.75 Å². The predicted molar refractivity (Wildman–Crippen MR) is 81.4 cm³/mol. The molecule has 0 radical (unpaired) electrons. The van der Waals surface area contributed by atoms with Crippen LogP contribution in [0.5, 0.6) is 5.75 Å². The Labute approximate surface area is 130 Å². The van der Waals surface area contributed by atoms with Crippen molar-refractivity contribution in [2.45, 2.75) is 50.8 Å². The van der Waals surface area contributed by atoms with E-state index in [-0.39, 0.29) is 0 Å². The molecule has 2 aliphatic rings. The number of hydrogen-bond donors (Lipinski definition) is 1. The van der Waals surface area contributed by atoms with Crippen molar-refractivity contribution in [3.63, 3.8) is 0 Å². The van der Waals surface area contributed by atoms with Crippen LogP contribution in [-0.2, 0) is 13.0 Å². The lowest BCUT2D eigenvalue weighted by atomic mass is 9.90. The van der Waals surface area contributed by atoms with Gasteiger partial charge in [0.2, 0.25) is 11.7 Å². The van der Waals surface area contributed by atoms with Crippen LogP contribution >= 0.6 is 0 Å². The van der Waals surface area contributed by atoms with Gasteiger partial charge in [-0.1, -0.05) is 23.4 Å². The Bertz CT molecular complexity index is 601. The Kier molecular flexibility index (Phi) is 3.81. The van der Waals surface area contributed by atoms with E-state index in [0.29, 0.717) is 30.4 Å². The number of nitrogens with zero attached hydrogens (tertiary/aromatic N) is 2. The Morgan fingerprint density at radius 2 is 1.91 bits per heavy atom. The monoisotopic (exact) mass is 299 g/mol. The van der Waals surface area contributed by atoms with Crippen molar-refractivity contribution in [1.82, 2.24) is 15.5 Å². The van der Waals surface area contributed by atoms with Crippen LogP contribution in [0.3, 0.4) is 0 Å². The molecule has 2 bridgehead atoms. The summed E-state index contributed by atoms with van der Waals surface area (Å²) in [6.07, 6.45) is 6.00. The first-order valence-corrected chi connectivity index (χ1v) is 8.10. The second-order valence-corrected chi connectivity index (χ2v) is 6.39. The molecule has 2 atom stereocenters. The molecule has 1 aromatic carbocycles. The van der Waals surface area contributed by atoms with Crippen molar-refractivity contribution >= 4 is 0 Å². The lowest BCUT2D eigenvalue weighted by Crippen LogP contribution is -2.38. The number of nitrogens with one attached hydrogen (secondary N) is 1. The first-order chi connectivity index (χ1) is 10.8. The molecule has 2 aliphatic heterocycles. The maximum absolute atomic E-state index is 5.64. The summed E-state index contributed by atoms with van der Waals surface area (Å²) in [6, 6.07) is 11.1. The Hall–Kier alpha value is -1.88. The van der Waals surface area contributed by atoms with Crippen LogP contribution in [0, 0.1) is 5.92 Å². The van der Waals surface area contributed by atoms with Gasteiger partial charge >= 0.3 is 0 Å². The van der Waals surface area contributed by atoms with Crippen molar-refractivity contribution in [2.24, 2.45) is 5.92 Å². The van der Waals surface area contributed by atoms with Crippen LogP contribution in [0.2, 0.25) is 0 Å². The number of ether oxygens (including phenoxy) is 1. The fraction of sp³-hybridized carbons (Fsp3) is 0.529. The summed E-state index contributed by atoms with van der Waals surface area (Å²) in [5.74, 6) is 2.86. The quantitative estimate of drug-likeness (QED) is 0.920. The Morgan fingerprint density at radius 1 is 1.14 bits per heavy atom. The van der Waals surface area contributed by atoms with Crippen LogP contribution in [0.1, 0.15) is 37.4 Å². The fourth-order valence-electron chi connectivity index (χ4n) is 3.69. The molecule has 0 saturated carbocycles. The summed E-state index contributed by atoms with van der Waals surface area (Å²) in [6.45, 7) is 0.352. The van der Waals surface area contributed by atoms with Gasteiger partial charge in [0.15, 0.2) is 6.61 Å². The van der Waals surface area contributed by atoms with E-state index in [2.05, 4.69) is 15.5 Å². The maximum Gasteiger partial charge on any atom is 0.227 e. The number of aromatic nitrogens is 2. The van der Waals surface area contributed by atoms with Gasteiger partial charge < -0.3 is 14.6 Å². The van der Waals surface area contributed by atoms with Gasteiger partial charge in [-0.25, -0.2) is 0 Å². The summed E-state index contributed by atoms with van der Waals surface area (Å²) in [5, 5.41) is 7.69. The molecule has 3 heterocycles. The highest BCUT2D eigenvalue weighted by molar-refractivity contribution is 5.20. The zero-order valence-electron chi connectivity index (χ0n) is 12.6. The molecule has 4 rings (SSSR count). The van der Waals surface area contributed by atoms with E-state index in [9.17, 15) is 0 Å². The number of hydrogen-bond acceptors (Lipinski definition) is 5. The molecule has 0 aliphatic carbocycles. The third kappa shape index (κ3) is 3.14. The molecule has 5 heteroatoms. The van der Waals surface area contributed by atoms with Crippen LogP contribution < -0.4 is 10.1 Å². The lowest BCUT2D eigenvalue weighted by Gasteiger charge is -2.27. The van der Waals surface area contributed by atoms with E-state index in [1.807, 2.05) is 30.3 Å². The van der Waals surface area contributed by atoms with Gasteiger partial charge in [-0.15, -0.1) is 0 Å². The summed E-state index contributed by atoms with van der Waals surface area (Å²) >= 11 is 0. The Morgan fingerprint density at radius 3 is 2.68 bits per heavy atom. The third-order valence-electron chi connectivity index (χ3n) is 4.66. The highest BCUT2D eigenvalue weighted by atomic mass is 16.5. The van der Waals surface area contributed by atoms with Crippen molar-refractivity contribution in [1.29, 1.82) is 0 Å². The molecule has 22 heavy (non-hydrogen) atoms. The molecule has 2 saturated heterocycles. The molecule has 2 aromatic rings. The van der Waals surface area contributed by atoms with Gasteiger partial charge in [0.1, 0.15) is 5.75 Å². The van der Waals surface area contributed by atoms with Crippen LogP contribution in [-0.4, -0.2) is 22.2 Å². The second kappa shape index (κ2) is 6.08. The molecule has 0 spiro atoms. The van der Waals surface area contributed by atoms with Crippen molar-refractivity contribution in [2.75, 3.05) is 0 Å². The lowest BCUT2D eigenvalue weighted by molar-refractivity contribution is 0.266. The smallest absolute Gasteiger partial charge is 0.227 e. The summed E-state index contributed by atoms with van der Waals surface area (Å²) in [4.78, 5) is 4.47. The van der Waals surface area contributed by atoms with Crippen molar-refractivity contribution < 1.29 is 9.26 Å². The second-order valence-electron chi connectivity index (χ2n) is 6.39. The minimum absolute atomic E-state index is 0.352. The van der Waals surface area contributed by atoms with E-state index in [4.69, 9.17) is 9.26 Å². The number of benzene rings is 1. The summed E-state index contributed by atoms with van der Waals surface area (Å²) in [5.41, 5.74) is 0. The minimum atomic E-state index is 0.352. The van der Waals surface area contributed by atoms with Gasteiger partial charge in [-0.05, 0) is 43.7 Å². The molecule has 1 aromatic heterocycles. The third-order valence-corrected chi connectivity index (χ3v) is 4.66. The zero-order valence-corrected chi connectivity index (χ0v) is 12.6. The van der Waals surface area contributed by atoms with Gasteiger partial charge in [-0.3, -0.25) is 0 Å². The number of piperidine rings is 1. The number of para-hydroxylation sites is 1. The normalized spacial score (nSPS) is 27.0. The van der Waals surface area contributed by atoms with Crippen LogP contribution in [0.15, 0.2) is 34.9 Å². The number of rotatable bonds is 5.